The van der Waals surface area contributed by atoms with E-state index in [2.05, 4.69) is 10.4 Å². The van der Waals surface area contributed by atoms with Crippen molar-refractivity contribution in [3.05, 3.63) is 82.4 Å². The van der Waals surface area contributed by atoms with E-state index in [1.165, 1.54) is 36.1 Å². The highest BCUT2D eigenvalue weighted by Gasteiger charge is 2.17. The number of ether oxygens (including phenoxy) is 1. The number of benzene rings is 2. The van der Waals surface area contributed by atoms with Crippen LogP contribution in [0, 0.1) is 5.82 Å². The predicted molar refractivity (Wildman–Crippen MR) is 90.7 cm³/mol. The number of aromatic nitrogens is 2. The molecular formula is C18H14FN3O3. The van der Waals surface area contributed by atoms with Crippen molar-refractivity contribution in [2.75, 3.05) is 12.4 Å². The number of carbonyl (C=O) groups excluding carboxylic acids is 1. The third-order valence-corrected chi connectivity index (χ3v) is 3.42. The second-order valence-corrected chi connectivity index (χ2v) is 5.11. The van der Waals surface area contributed by atoms with Crippen molar-refractivity contribution in [2.24, 2.45) is 0 Å². The van der Waals surface area contributed by atoms with Crippen LogP contribution in [0.15, 0.2) is 65.5 Å². The van der Waals surface area contributed by atoms with Gasteiger partial charge in [-0.25, -0.2) is 9.07 Å². The molecule has 2 aromatic carbocycles. The zero-order valence-electron chi connectivity index (χ0n) is 13.3. The summed E-state index contributed by atoms with van der Waals surface area (Å²) < 4.78 is 19.5. The van der Waals surface area contributed by atoms with Gasteiger partial charge in [0, 0.05) is 5.69 Å². The van der Waals surface area contributed by atoms with Crippen molar-refractivity contribution in [2.45, 2.75) is 0 Å². The molecule has 0 unspecified atom stereocenters. The maximum atomic E-state index is 13.1. The summed E-state index contributed by atoms with van der Waals surface area (Å²) in [6.07, 6.45) is 0. The minimum Gasteiger partial charge on any atom is -0.481 e. The summed E-state index contributed by atoms with van der Waals surface area (Å²) in [5, 5.41) is 6.69. The van der Waals surface area contributed by atoms with E-state index in [1.807, 2.05) is 6.07 Å². The van der Waals surface area contributed by atoms with Crippen LogP contribution in [0.2, 0.25) is 0 Å². The minimum absolute atomic E-state index is 0.132. The van der Waals surface area contributed by atoms with E-state index in [-0.39, 0.29) is 11.6 Å². The van der Waals surface area contributed by atoms with Gasteiger partial charge in [0.1, 0.15) is 5.82 Å². The SMILES string of the molecule is COc1cc(=O)c(C(=O)Nc2ccccc2)nn1-c1ccc(F)cc1. The average molecular weight is 339 g/mol. The molecule has 3 aromatic rings. The van der Waals surface area contributed by atoms with E-state index in [0.717, 1.165) is 6.07 Å². The number of hydrogen-bond donors (Lipinski definition) is 1. The number of hydrogen-bond acceptors (Lipinski definition) is 4. The molecule has 6 nitrogen and oxygen atoms in total. The van der Waals surface area contributed by atoms with Crippen molar-refractivity contribution in [1.82, 2.24) is 9.78 Å². The predicted octanol–water partition coefficient (Wildman–Crippen LogP) is 2.63. The van der Waals surface area contributed by atoms with Gasteiger partial charge in [-0.15, -0.1) is 0 Å². The van der Waals surface area contributed by atoms with Crippen LogP contribution in [0.25, 0.3) is 5.69 Å². The molecule has 1 amide bonds. The Morgan fingerprint density at radius 3 is 2.44 bits per heavy atom. The molecule has 0 radical (unpaired) electrons. The number of anilines is 1. The number of nitrogens with zero attached hydrogens (tertiary/aromatic N) is 2. The van der Waals surface area contributed by atoms with Crippen molar-refractivity contribution in [3.8, 4) is 11.6 Å². The van der Waals surface area contributed by atoms with Gasteiger partial charge in [-0.1, -0.05) is 18.2 Å². The Morgan fingerprint density at radius 2 is 1.80 bits per heavy atom. The molecule has 0 aliphatic heterocycles. The van der Waals surface area contributed by atoms with Crippen molar-refractivity contribution < 1.29 is 13.9 Å². The lowest BCUT2D eigenvalue weighted by molar-refractivity contribution is 0.101. The molecule has 0 atom stereocenters. The second kappa shape index (κ2) is 6.96. The lowest BCUT2D eigenvalue weighted by Crippen LogP contribution is -2.26. The van der Waals surface area contributed by atoms with Gasteiger partial charge in [0.05, 0.1) is 18.9 Å². The van der Waals surface area contributed by atoms with Crippen LogP contribution in [0.3, 0.4) is 0 Å². The van der Waals surface area contributed by atoms with Crippen molar-refractivity contribution in [1.29, 1.82) is 0 Å². The van der Waals surface area contributed by atoms with Gasteiger partial charge in [-0.05, 0) is 36.4 Å². The summed E-state index contributed by atoms with van der Waals surface area (Å²) in [6, 6.07) is 15.3. The van der Waals surface area contributed by atoms with Crippen LogP contribution < -0.4 is 15.5 Å². The zero-order valence-corrected chi connectivity index (χ0v) is 13.3. The molecule has 0 saturated heterocycles. The number of methoxy groups -OCH3 is 1. The molecule has 7 heteroatoms. The molecule has 1 N–H and O–H groups in total. The number of halogens is 1. The van der Waals surface area contributed by atoms with E-state index in [1.54, 1.807) is 24.3 Å². The number of para-hydroxylation sites is 1. The van der Waals surface area contributed by atoms with Gasteiger partial charge in [0.15, 0.2) is 5.69 Å². The Kier molecular flexibility index (Phi) is 4.56. The Labute approximate surface area is 142 Å². The maximum absolute atomic E-state index is 13.1. The summed E-state index contributed by atoms with van der Waals surface area (Å²) in [7, 11) is 1.38. The van der Waals surface area contributed by atoms with Crippen LogP contribution in [-0.2, 0) is 0 Å². The smallest absolute Gasteiger partial charge is 0.280 e. The van der Waals surface area contributed by atoms with Crippen LogP contribution in [0.1, 0.15) is 10.5 Å². The molecule has 0 fully saturated rings. The number of carbonyl (C=O) groups is 1. The molecular weight excluding hydrogens is 325 g/mol. The molecule has 25 heavy (non-hydrogen) atoms. The molecule has 0 aliphatic rings. The molecule has 126 valence electrons. The van der Waals surface area contributed by atoms with Gasteiger partial charge in [0.2, 0.25) is 11.3 Å². The molecule has 1 heterocycles. The first-order valence-electron chi connectivity index (χ1n) is 7.39. The van der Waals surface area contributed by atoms with Gasteiger partial charge >= 0.3 is 0 Å². The van der Waals surface area contributed by atoms with Crippen molar-refractivity contribution in [3.63, 3.8) is 0 Å². The topological polar surface area (TPSA) is 73.2 Å². The summed E-state index contributed by atoms with van der Waals surface area (Å²) in [5.74, 6) is -0.923. The summed E-state index contributed by atoms with van der Waals surface area (Å²) in [5.41, 5.74) is 0.113. The summed E-state index contributed by atoms with van der Waals surface area (Å²) in [6.45, 7) is 0. The largest absolute Gasteiger partial charge is 0.481 e. The zero-order chi connectivity index (χ0) is 17.8. The van der Waals surface area contributed by atoms with Crippen LogP contribution >= 0.6 is 0 Å². The standard InChI is InChI=1S/C18H14FN3O3/c1-25-16-11-15(23)17(18(24)20-13-5-3-2-4-6-13)21-22(16)14-9-7-12(19)8-10-14/h2-11H,1H3,(H,20,24). The van der Waals surface area contributed by atoms with Gasteiger partial charge in [-0.3, -0.25) is 9.59 Å². The van der Waals surface area contributed by atoms with Crippen LogP contribution in [-0.4, -0.2) is 22.8 Å². The Hall–Kier alpha value is -3.48. The lowest BCUT2D eigenvalue weighted by atomic mass is 10.3. The van der Waals surface area contributed by atoms with Crippen LogP contribution in [0.5, 0.6) is 5.88 Å². The lowest BCUT2D eigenvalue weighted by Gasteiger charge is -2.12. The molecule has 3 rings (SSSR count). The van der Waals surface area contributed by atoms with Gasteiger partial charge < -0.3 is 10.1 Å². The highest BCUT2D eigenvalue weighted by Crippen LogP contribution is 2.16. The number of rotatable bonds is 4. The average Bonchev–Trinajstić information content (AvgIpc) is 2.63. The Morgan fingerprint density at radius 1 is 1.12 bits per heavy atom. The maximum Gasteiger partial charge on any atom is 0.280 e. The van der Waals surface area contributed by atoms with E-state index in [0.29, 0.717) is 11.4 Å². The third-order valence-electron chi connectivity index (χ3n) is 3.42. The molecule has 0 spiro atoms. The fraction of sp³-hybridized carbons (Fsp3) is 0.0556. The minimum atomic E-state index is -0.644. The highest BCUT2D eigenvalue weighted by molar-refractivity contribution is 6.02. The highest BCUT2D eigenvalue weighted by atomic mass is 19.1. The first kappa shape index (κ1) is 16.4. The first-order valence-corrected chi connectivity index (χ1v) is 7.39. The number of nitrogens with one attached hydrogen (secondary N) is 1. The molecule has 0 saturated carbocycles. The quantitative estimate of drug-likeness (QED) is 0.793. The van der Waals surface area contributed by atoms with E-state index in [9.17, 15) is 14.0 Å². The second-order valence-electron chi connectivity index (χ2n) is 5.11. The number of amides is 1. The summed E-state index contributed by atoms with van der Waals surface area (Å²) in [4.78, 5) is 24.6. The van der Waals surface area contributed by atoms with Gasteiger partial charge in [0.25, 0.3) is 5.91 Å². The molecule has 0 aliphatic carbocycles. The van der Waals surface area contributed by atoms with Gasteiger partial charge in [-0.2, -0.15) is 5.10 Å². The normalized spacial score (nSPS) is 10.3. The van der Waals surface area contributed by atoms with Crippen molar-refractivity contribution >= 4 is 11.6 Å². The van der Waals surface area contributed by atoms with E-state index >= 15 is 0 Å². The monoisotopic (exact) mass is 339 g/mol. The third kappa shape index (κ3) is 3.55. The molecule has 0 bridgehead atoms. The Bertz CT molecular complexity index is 954. The van der Waals surface area contributed by atoms with E-state index < -0.39 is 17.2 Å². The fourth-order valence-electron chi connectivity index (χ4n) is 2.22. The van der Waals surface area contributed by atoms with E-state index in [4.69, 9.17) is 4.74 Å². The first-order chi connectivity index (χ1) is 12.1. The Balaban J connectivity index is 2.02. The van der Waals surface area contributed by atoms with Crippen LogP contribution in [0.4, 0.5) is 10.1 Å². The summed E-state index contributed by atoms with van der Waals surface area (Å²) >= 11 is 0. The fourth-order valence-corrected chi connectivity index (χ4v) is 2.22. The molecule has 1 aromatic heterocycles.